The molecule has 2 rings (SSSR count). The van der Waals surface area contributed by atoms with Gasteiger partial charge in [-0.1, -0.05) is 23.2 Å². The number of aromatic amines is 1. The molecule has 0 unspecified atom stereocenters. The van der Waals surface area contributed by atoms with Crippen molar-refractivity contribution in [2.75, 3.05) is 12.4 Å². The molecule has 0 bridgehead atoms. The largest absolute Gasteiger partial charge is 0.466 e. The SMILES string of the molecule is COc1n[nH]c(Nc2cc(Cl)cc(Cl)c2)n1. The first-order valence-electron chi connectivity index (χ1n) is 4.37. The van der Waals surface area contributed by atoms with Gasteiger partial charge in [-0.05, 0) is 18.2 Å². The van der Waals surface area contributed by atoms with Crippen molar-refractivity contribution in [3.8, 4) is 6.01 Å². The standard InChI is InChI=1S/C9H8Cl2N4O/c1-16-9-13-8(14-15-9)12-7-3-5(10)2-6(11)4-7/h2-4H,1H3,(H2,12,13,14,15). The van der Waals surface area contributed by atoms with E-state index < -0.39 is 0 Å². The van der Waals surface area contributed by atoms with Gasteiger partial charge < -0.3 is 10.1 Å². The van der Waals surface area contributed by atoms with Crippen molar-refractivity contribution in [2.24, 2.45) is 0 Å². The van der Waals surface area contributed by atoms with E-state index >= 15 is 0 Å². The third-order valence-electron chi connectivity index (χ3n) is 1.77. The number of aromatic nitrogens is 3. The van der Waals surface area contributed by atoms with E-state index in [9.17, 15) is 0 Å². The van der Waals surface area contributed by atoms with Crippen LogP contribution in [0.4, 0.5) is 11.6 Å². The van der Waals surface area contributed by atoms with Crippen LogP contribution in [0.5, 0.6) is 6.01 Å². The van der Waals surface area contributed by atoms with E-state index in [0.29, 0.717) is 16.0 Å². The molecule has 1 aromatic carbocycles. The Hall–Kier alpha value is -1.46. The van der Waals surface area contributed by atoms with E-state index in [1.165, 1.54) is 7.11 Å². The summed E-state index contributed by atoms with van der Waals surface area (Å²) in [5.41, 5.74) is 0.719. The first kappa shape index (κ1) is 11.0. The van der Waals surface area contributed by atoms with E-state index in [0.717, 1.165) is 5.69 Å². The minimum atomic E-state index is 0.260. The van der Waals surface area contributed by atoms with Crippen LogP contribution < -0.4 is 10.1 Å². The minimum absolute atomic E-state index is 0.260. The van der Waals surface area contributed by atoms with Crippen molar-refractivity contribution >= 4 is 34.8 Å². The number of rotatable bonds is 3. The van der Waals surface area contributed by atoms with Gasteiger partial charge in [0.25, 0.3) is 0 Å². The maximum absolute atomic E-state index is 5.85. The molecule has 0 fully saturated rings. The van der Waals surface area contributed by atoms with Gasteiger partial charge in [-0.3, -0.25) is 0 Å². The number of anilines is 2. The Balaban J connectivity index is 2.19. The molecule has 1 heterocycles. The summed E-state index contributed by atoms with van der Waals surface area (Å²) in [6.07, 6.45) is 0. The number of methoxy groups -OCH3 is 1. The van der Waals surface area contributed by atoms with E-state index in [4.69, 9.17) is 27.9 Å². The highest BCUT2D eigenvalue weighted by Gasteiger charge is 2.04. The quantitative estimate of drug-likeness (QED) is 0.889. The maximum atomic E-state index is 5.85. The predicted octanol–water partition coefficient (Wildman–Crippen LogP) is 2.86. The highest BCUT2D eigenvalue weighted by atomic mass is 35.5. The molecular weight excluding hydrogens is 251 g/mol. The Kier molecular flexibility index (Phi) is 3.17. The number of H-pyrrole nitrogens is 1. The fraction of sp³-hybridized carbons (Fsp3) is 0.111. The lowest BCUT2D eigenvalue weighted by atomic mass is 10.3. The summed E-state index contributed by atoms with van der Waals surface area (Å²) in [6, 6.07) is 5.36. The summed E-state index contributed by atoms with van der Waals surface area (Å²) in [7, 11) is 1.49. The molecule has 0 radical (unpaired) electrons. The van der Waals surface area contributed by atoms with Gasteiger partial charge in [-0.2, -0.15) is 4.98 Å². The van der Waals surface area contributed by atoms with Crippen molar-refractivity contribution in [3.05, 3.63) is 28.2 Å². The van der Waals surface area contributed by atoms with E-state index in [1.54, 1.807) is 18.2 Å². The second-order valence-corrected chi connectivity index (χ2v) is 3.83. The Bertz CT molecular complexity index is 480. The lowest BCUT2D eigenvalue weighted by Gasteiger charge is -2.03. The fourth-order valence-corrected chi connectivity index (χ4v) is 1.68. The average Bonchev–Trinajstić information content (AvgIpc) is 2.64. The van der Waals surface area contributed by atoms with E-state index in [2.05, 4.69) is 20.5 Å². The van der Waals surface area contributed by atoms with Gasteiger partial charge in [-0.15, -0.1) is 5.10 Å². The highest BCUT2D eigenvalue weighted by Crippen LogP contribution is 2.24. The van der Waals surface area contributed by atoms with Crippen LogP contribution in [0.2, 0.25) is 10.0 Å². The van der Waals surface area contributed by atoms with Gasteiger partial charge in [0.1, 0.15) is 0 Å². The molecule has 0 amide bonds. The lowest BCUT2D eigenvalue weighted by Crippen LogP contribution is -1.92. The Morgan fingerprint density at radius 1 is 1.25 bits per heavy atom. The monoisotopic (exact) mass is 258 g/mol. The molecule has 84 valence electrons. The fourth-order valence-electron chi connectivity index (χ4n) is 1.16. The summed E-state index contributed by atoms with van der Waals surface area (Å²) in [6.45, 7) is 0. The number of halogens is 2. The molecule has 2 N–H and O–H groups in total. The van der Waals surface area contributed by atoms with Crippen molar-refractivity contribution in [2.45, 2.75) is 0 Å². The number of nitrogens with one attached hydrogen (secondary N) is 2. The Labute approximate surface area is 102 Å². The van der Waals surface area contributed by atoms with E-state index in [-0.39, 0.29) is 6.01 Å². The summed E-state index contributed by atoms with van der Waals surface area (Å²) in [4.78, 5) is 4.00. The van der Waals surface area contributed by atoms with Crippen LogP contribution in [0.1, 0.15) is 0 Å². The third kappa shape index (κ3) is 2.56. The summed E-state index contributed by atoms with van der Waals surface area (Å²) in [5.74, 6) is 0.454. The zero-order valence-electron chi connectivity index (χ0n) is 8.29. The van der Waals surface area contributed by atoms with Crippen molar-refractivity contribution < 1.29 is 4.74 Å². The number of hydrogen-bond donors (Lipinski definition) is 2. The second kappa shape index (κ2) is 4.59. The van der Waals surface area contributed by atoms with Crippen molar-refractivity contribution in [3.63, 3.8) is 0 Å². The first-order valence-corrected chi connectivity index (χ1v) is 5.12. The zero-order chi connectivity index (χ0) is 11.5. The van der Waals surface area contributed by atoms with Crippen LogP contribution in [0.25, 0.3) is 0 Å². The van der Waals surface area contributed by atoms with Gasteiger partial charge in [0.05, 0.1) is 7.11 Å². The molecule has 1 aromatic heterocycles. The Morgan fingerprint density at radius 3 is 2.50 bits per heavy atom. The van der Waals surface area contributed by atoms with Crippen molar-refractivity contribution in [1.29, 1.82) is 0 Å². The molecule has 0 spiro atoms. The van der Waals surface area contributed by atoms with Crippen molar-refractivity contribution in [1.82, 2.24) is 15.2 Å². The molecule has 0 saturated carbocycles. The molecule has 7 heteroatoms. The zero-order valence-corrected chi connectivity index (χ0v) is 9.80. The molecule has 0 aliphatic carbocycles. The van der Waals surface area contributed by atoms with Gasteiger partial charge in [-0.25, -0.2) is 5.10 Å². The molecule has 0 atom stereocenters. The average molecular weight is 259 g/mol. The van der Waals surface area contributed by atoms with Gasteiger partial charge in [0.2, 0.25) is 5.95 Å². The van der Waals surface area contributed by atoms with E-state index in [1.807, 2.05) is 0 Å². The molecule has 0 aliphatic heterocycles. The van der Waals surface area contributed by atoms with Crippen LogP contribution in [-0.4, -0.2) is 22.3 Å². The predicted molar refractivity (Wildman–Crippen MR) is 62.7 cm³/mol. The number of benzene rings is 1. The maximum Gasteiger partial charge on any atom is 0.336 e. The summed E-state index contributed by atoms with van der Waals surface area (Å²) < 4.78 is 4.83. The topological polar surface area (TPSA) is 62.8 Å². The molecule has 5 nitrogen and oxygen atoms in total. The number of nitrogens with zero attached hydrogens (tertiary/aromatic N) is 2. The van der Waals surface area contributed by atoms with Gasteiger partial charge in [0.15, 0.2) is 0 Å². The third-order valence-corrected chi connectivity index (χ3v) is 2.21. The smallest absolute Gasteiger partial charge is 0.336 e. The van der Waals surface area contributed by atoms with Crippen LogP contribution in [0.15, 0.2) is 18.2 Å². The van der Waals surface area contributed by atoms with Gasteiger partial charge in [0, 0.05) is 15.7 Å². The minimum Gasteiger partial charge on any atom is -0.466 e. The first-order chi connectivity index (χ1) is 7.67. The van der Waals surface area contributed by atoms with Gasteiger partial charge >= 0.3 is 6.01 Å². The van der Waals surface area contributed by atoms with Crippen LogP contribution in [0.3, 0.4) is 0 Å². The lowest BCUT2D eigenvalue weighted by molar-refractivity contribution is 0.382. The van der Waals surface area contributed by atoms with Crippen LogP contribution in [-0.2, 0) is 0 Å². The summed E-state index contributed by atoms with van der Waals surface area (Å²) in [5, 5.41) is 10.5. The highest BCUT2D eigenvalue weighted by molar-refractivity contribution is 6.35. The second-order valence-electron chi connectivity index (χ2n) is 2.95. The molecular formula is C9H8Cl2N4O. The Morgan fingerprint density at radius 2 is 1.94 bits per heavy atom. The normalized spacial score (nSPS) is 10.2. The number of ether oxygens (including phenoxy) is 1. The van der Waals surface area contributed by atoms with Crippen LogP contribution >= 0.6 is 23.2 Å². The molecule has 16 heavy (non-hydrogen) atoms. The molecule has 2 aromatic rings. The number of hydrogen-bond acceptors (Lipinski definition) is 4. The summed E-state index contributed by atoms with van der Waals surface area (Å²) >= 11 is 11.7. The molecule has 0 aliphatic rings. The molecule has 0 saturated heterocycles. The van der Waals surface area contributed by atoms with Crippen LogP contribution in [0, 0.1) is 0 Å².